The fourth-order valence-electron chi connectivity index (χ4n) is 7.00. The lowest BCUT2D eigenvalue weighted by Gasteiger charge is -2.38. The zero-order valence-corrected chi connectivity index (χ0v) is 37.3. The molecule has 2 aliphatic rings. The Balaban J connectivity index is 0.000000182. The molecule has 0 amide bonds. The van der Waals surface area contributed by atoms with Crippen LogP contribution in [0.15, 0.2) is 132 Å². The first kappa shape index (κ1) is 47.7. The van der Waals surface area contributed by atoms with E-state index in [1.54, 1.807) is 46.9 Å². The third kappa shape index (κ3) is 16.1. The maximum absolute atomic E-state index is 12.0. The zero-order valence-electron chi connectivity index (χ0n) is 35.6. The van der Waals surface area contributed by atoms with E-state index in [9.17, 15) is 19.2 Å². The molecule has 2 N–H and O–H groups in total. The summed E-state index contributed by atoms with van der Waals surface area (Å²) in [4.78, 5) is 47.7. The third-order valence-corrected chi connectivity index (χ3v) is 12.2. The summed E-state index contributed by atoms with van der Waals surface area (Å²) in [6, 6.07) is 36.0. The molecule has 0 spiro atoms. The number of nitrogens with zero attached hydrogens (tertiary/aromatic N) is 2. The van der Waals surface area contributed by atoms with Gasteiger partial charge in [-0.2, -0.15) is 0 Å². The fourth-order valence-corrected chi connectivity index (χ4v) is 8.54. The lowest BCUT2D eigenvalue weighted by atomic mass is 10.1. The first-order valence-electron chi connectivity index (χ1n) is 21.4. The van der Waals surface area contributed by atoms with E-state index in [1.807, 2.05) is 36.4 Å². The van der Waals surface area contributed by atoms with Crippen molar-refractivity contribution in [3.05, 3.63) is 154 Å². The number of ether oxygens (including phenoxy) is 4. The number of carbonyl (C=O) groups excluding carboxylic acids is 2. The highest BCUT2D eigenvalue weighted by atomic mass is 32.1. The molecule has 336 valence electrons. The molecule has 0 radical (unpaired) electrons. The summed E-state index contributed by atoms with van der Waals surface area (Å²) in [6.45, 7) is 8.30. The molecule has 0 atom stereocenters. The van der Waals surface area contributed by atoms with Crippen LogP contribution in [0.1, 0.15) is 44.7 Å². The zero-order chi connectivity index (χ0) is 44.9. The molecule has 12 nitrogen and oxygen atoms in total. The van der Waals surface area contributed by atoms with Gasteiger partial charge in [0.05, 0.1) is 24.3 Å². The second kappa shape index (κ2) is 25.5. The van der Waals surface area contributed by atoms with Crippen molar-refractivity contribution in [2.45, 2.75) is 37.9 Å². The summed E-state index contributed by atoms with van der Waals surface area (Å²) in [5.74, 6) is -2.97. The van der Waals surface area contributed by atoms with Crippen molar-refractivity contribution in [3.63, 3.8) is 0 Å². The first-order chi connectivity index (χ1) is 31.2. The van der Waals surface area contributed by atoms with E-state index in [-0.39, 0.29) is 24.1 Å². The lowest BCUT2D eigenvalue weighted by molar-refractivity contribution is -0.134. The van der Waals surface area contributed by atoms with Gasteiger partial charge in [0, 0.05) is 74.0 Å². The number of carboxylic acid groups (broad SMARTS) is 2. The van der Waals surface area contributed by atoms with Crippen LogP contribution in [0.3, 0.4) is 0 Å². The second-order valence-electron chi connectivity index (χ2n) is 15.3. The normalized spacial score (nSPS) is 14.2. The van der Waals surface area contributed by atoms with Crippen molar-refractivity contribution < 1.29 is 48.3 Å². The van der Waals surface area contributed by atoms with Crippen LogP contribution in [0.2, 0.25) is 0 Å². The maximum Gasteiger partial charge on any atom is 0.338 e. The Morgan fingerprint density at radius 1 is 0.547 bits per heavy atom. The van der Waals surface area contributed by atoms with Gasteiger partial charge in [-0.05, 0) is 107 Å². The number of rotatable bonds is 20. The maximum atomic E-state index is 12.0. The van der Waals surface area contributed by atoms with Gasteiger partial charge in [0.1, 0.15) is 12.2 Å². The van der Waals surface area contributed by atoms with Gasteiger partial charge >= 0.3 is 23.9 Å². The van der Waals surface area contributed by atoms with Gasteiger partial charge in [0.25, 0.3) is 0 Å². The highest BCUT2D eigenvalue weighted by Crippen LogP contribution is 2.23. The van der Waals surface area contributed by atoms with E-state index in [1.165, 1.54) is 31.3 Å². The molecule has 4 aromatic carbocycles. The molecule has 64 heavy (non-hydrogen) atoms. The van der Waals surface area contributed by atoms with Crippen molar-refractivity contribution >= 4 is 66.7 Å². The van der Waals surface area contributed by atoms with E-state index < -0.39 is 11.9 Å². The van der Waals surface area contributed by atoms with E-state index >= 15 is 0 Å². The molecular formula is C50H54N2O10S2. The quantitative estimate of drug-likeness (QED) is 0.0429. The monoisotopic (exact) mass is 906 g/mol. The van der Waals surface area contributed by atoms with Gasteiger partial charge < -0.3 is 29.2 Å². The van der Waals surface area contributed by atoms with Crippen molar-refractivity contribution in [2.24, 2.45) is 0 Å². The molecule has 0 aliphatic carbocycles. The molecule has 0 bridgehead atoms. The number of carboxylic acids is 2. The minimum absolute atomic E-state index is 0.0145. The molecule has 2 aliphatic heterocycles. The molecule has 0 saturated carbocycles. The number of benzene rings is 4. The van der Waals surface area contributed by atoms with Crippen molar-refractivity contribution in [2.75, 3.05) is 65.7 Å². The van der Waals surface area contributed by atoms with Gasteiger partial charge in [-0.15, -0.1) is 22.7 Å². The number of hydrogen-bond donors (Lipinski definition) is 2. The number of thiophene rings is 2. The Morgan fingerprint density at radius 3 is 1.34 bits per heavy atom. The lowest BCUT2D eigenvalue weighted by Crippen LogP contribution is -2.53. The predicted molar refractivity (Wildman–Crippen MR) is 251 cm³/mol. The van der Waals surface area contributed by atoms with Crippen LogP contribution < -0.4 is 0 Å². The number of esters is 2. The molecule has 14 heteroatoms. The number of hydrogen-bond acceptors (Lipinski definition) is 12. The SMILES string of the molecule is O=C(O)/C=C\C(=O)O.O=C(OC1CN(CCCOCCc2ccc3sccc3c2)C1)c1ccccc1.O=C(OC1CN(CCCOCCc2ccc3sccc3c2)C1)c1ccccc1. The Labute approximate surface area is 381 Å². The van der Waals surface area contributed by atoms with Gasteiger partial charge in [0.2, 0.25) is 0 Å². The predicted octanol–water partition coefficient (Wildman–Crippen LogP) is 8.50. The smallest absolute Gasteiger partial charge is 0.338 e. The summed E-state index contributed by atoms with van der Waals surface area (Å²) < 4.78 is 25.3. The minimum atomic E-state index is -1.26. The van der Waals surface area contributed by atoms with Crippen molar-refractivity contribution in [1.82, 2.24) is 9.80 Å². The minimum Gasteiger partial charge on any atom is -0.478 e. The van der Waals surface area contributed by atoms with E-state index in [0.29, 0.717) is 23.3 Å². The Kier molecular flexibility index (Phi) is 19.0. The van der Waals surface area contributed by atoms with Crippen molar-refractivity contribution in [3.8, 4) is 0 Å². The molecule has 0 unspecified atom stereocenters. The summed E-state index contributed by atoms with van der Waals surface area (Å²) in [5, 5.41) is 22.5. The second-order valence-corrected chi connectivity index (χ2v) is 17.2. The number of likely N-dealkylation sites (tertiary alicyclic amines) is 2. The largest absolute Gasteiger partial charge is 0.478 e. The van der Waals surface area contributed by atoms with E-state index in [4.69, 9.17) is 29.2 Å². The van der Waals surface area contributed by atoms with Crippen LogP contribution in [0.5, 0.6) is 0 Å². The topological polar surface area (TPSA) is 152 Å². The molecule has 2 aromatic heterocycles. The van der Waals surface area contributed by atoms with Crippen LogP contribution in [0.4, 0.5) is 0 Å². The Bertz CT molecular complexity index is 2240. The summed E-state index contributed by atoms with van der Waals surface area (Å²) in [5.41, 5.74) is 3.90. The molecule has 6 aromatic rings. The number of carbonyl (C=O) groups is 4. The molecule has 8 rings (SSSR count). The Morgan fingerprint density at radius 2 is 0.953 bits per heavy atom. The molecule has 2 fully saturated rings. The average Bonchev–Trinajstić information content (AvgIpc) is 3.96. The Hall–Kier alpha value is -5.74. The summed E-state index contributed by atoms with van der Waals surface area (Å²) in [7, 11) is 0. The molecule has 2 saturated heterocycles. The highest BCUT2D eigenvalue weighted by molar-refractivity contribution is 7.17. The molecular weight excluding hydrogens is 853 g/mol. The van der Waals surface area contributed by atoms with Crippen LogP contribution in [0, 0.1) is 0 Å². The third-order valence-electron chi connectivity index (χ3n) is 10.4. The number of fused-ring (bicyclic) bond motifs is 2. The summed E-state index contributed by atoms with van der Waals surface area (Å²) in [6.07, 6.45) is 5.05. The number of aliphatic carboxylic acids is 2. The first-order valence-corrected chi connectivity index (χ1v) is 23.1. The van der Waals surface area contributed by atoms with Gasteiger partial charge in [0.15, 0.2) is 0 Å². The highest BCUT2D eigenvalue weighted by Gasteiger charge is 2.30. The fraction of sp³-hybridized carbons (Fsp3) is 0.320. The van der Waals surface area contributed by atoms with Crippen LogP contribution >= 0.6 is 22.7 Å². The summed E-state index contributed by atoms with van der Waals surface area (Å²) >= 11 is 3.56. The van der Waals surface area contributed by atoms with Crippen LogP contribution in [-0.2, 0) is 41.4 Å². The van der Waals surface area contributed by atoms with Crippen LogP contribution in [-0.4, -0.2) is 122 Å². The van der Waals surface area contributed by atoms with Crippen molar-refractivity contribution in [1.29, 1.82) is 0 Å². The van der Waals surface area contributed by atoms with Crippen LogP contribution in [0.25, 0.3) is 20.2 Å². The van der Waals surface area contributed by atoms with Gasteiger partial charge in [-0.1, -0.05) is 60.7 Å². The standard InChI is InChI=1S/2C23H25NO3S.C4H4O4/c2*25-23(19-5-2-1-3-6-19)27-21-16-24(17-21)11-4-12-26-13-9-18-7-8-22-20(15-18)10-14-28-22;5-3(6)1-2-4(7)8/h2*1-3,5-8,10,14-15,21H,4,9,11-13,16-17H2;1-2H,(H,5,6)(H,7,8)/b;;2-1-. The molecule has 4 heterocycles. The van der Waals surface area contributed by atoms with Gasteiger partial charge in [-0.25, -0.2) is 19.2 Å². The van der Waals surface area contributed by atoms with E-state index in [2.05, 4.69) is 69.1 Å². The van der Waals surface area contributed by atoms with E-state index in [0.717, 1.165) is 91.4 Å². The van der Waals surface area contributed by atoms with Gasteiger partial charge in [-0.3, -0.25) is 9.80 Å². The average molecular weight is 907 g/mol.